The number of nitrogens with zero attached hydrogens (tertiary/aromatic N) is 2. The molecule has 0 bridgehead atoms. The van der Waals surface area contributed by atoms with Crippen LogP contribution in [0.3, 0.4) is 0 Å². The number of aromatic nitrogens is 1. The summed E-state index contributed by atoms with van der Waals surface area (Å²) < 4.78 is 10.9. The Bertz CT molecular complexity index is 731. The van der Waals surface area contributed by atoms with Crippen LogP contribution >= 0.6 is 0 Å². The Balaban J connectivity index is 1.62. The Kier molecular flexibility index (Phi) is 5.28. The van der Waals surface area contributed by atoms with Crippen molar-refractivity contribution in [2.45, 2.75) is 25.9 Å². The molecule has 0 N–H and O–H groups in total. The zero-order valence-corrected chi connectivity index (χ0v) is 14.1. The maximum Gasteiger partial charge on any atom is 0.308 e. The predicted octanol–water partition coefficient (Wildman–Crippen LogP) is 2.69. The number of piperidine rings is 1. The van der Waals surface area contributed by atoms with Crippen LogP contribution in [0, 0.1) is 0 Å². The van der Waals surface area contributed by atoms with Crippen molar-refractivity contribution in [2.75, 3.05) is 13.1 Å². The van der Waals surface area contributed by atoms with Gasteiger partial charge in [-0.3, -0.25) is 14.6 Å². The quantitative estimate of drug-likeness (QED) is 0.632. The van der Waals surface area contributed by atoms with E-state index >= 15 is 0 Å². The number of ether oxygens (including phenoxy) is 2. The highest BCUT2D eigenvalue weighted by Crippen LogP contribution is 2.20. The SMILES string of the molecule is CC(=O)Oc1ccc(C(=O)N2CCCC(Oc3ccncc3)C2)cc1. The highest BCUT2D eigenvalue weighted by atomic mass is 16.5. The number of esters is 1. The van der Waals surface area contributed by atoms with Gasteiger partial charge in [-0.25, -0.2) is 0 Å². The van der Waals surface area contributed by atoms with E-state index in [1.165, 1.54) is 6.92 Å². The summed E-state index contributed by atoms with van der Waals surface area (Å²) in [4.78, 5) is 29.4. The number of hydrogen-bond acceptors (Lipinski definition) is 5. The first-order chi connectivity index (χ1) is 12.1. The smallest absolute Gasteiger partial charge is 0.308 e. The van der Waals surface area contributed by atoms with E-state index in [9.17, 15) is 9.59 Å². The number of amides is 1. The Labute approximate surface area is 146 Å². The number of likely N-dealkylation sites (tertiary alicyclic amines) is 1. The molecular weight excluding hydrogens is 320 g/mol. The molecule has 1 unspecified atom stereocenters. The first kappa shape index (κ1) is 17.0. The summed E-state index contributed by atoms with van der Waals surface area (Å²) >= 11 is 0. The van der Waals surface area contributed by atoms with Gasteiger partial charge in [-0.1, -0.05) is 0 Å². The van der Waals surface area contributed by atoms with Crippen LogP contribution < -0.4 is 9.47 Å². The fourth-order valence-corrected chi connectivity index (χ4v) is 2.84. The van der Waals surface area contributed by atoms with Crippen LogP contribution in [0.25, 0.3) is 0 Å². The summed E-state index contributed by atoms with van der Waals surface area (Å²) in [6.07, 6.45) is 5.16. The molecule has 25 heavy (non-hydrogen) atoms. The third-order valence-corrected chi connectivity index (χ3v) is 3.98. The van der Waals surface area contributed by atoms with Crippen LogP contribution in [-0.4, -0.2) is 41.0 Å². The maximum atomic E-state index is 12.7. The molecule has 1 amide bonds. The summed E-state index contributed by atoms with van der Waals surface area (Å²) in [7, 11) is 0. The molecule has 130 valence electrons. The molecule has 1 aliphatic rings. The van der Waals surface area contributed by atoms with Crippen LogP contribution in [0.15, 0.2) is 48.8 Å². The lowest BCUT2D eigenvalue weighted by Crippen LogP contribution is -2.44. The summed E-state index contributed by atoms with van der Waals surface area (Å²) in [6.45, 7) is 2.60. The average molecular weight is 340 g/mol. The normalized spacial score (nSPS) is 17.0. The van der Waals surface area contributed by atoms with Gasteiger partial charge in [0.25, 0.3) is 5.91 Å². The van der Waals surface area contributed by atoms with Crippen molar-refractivity contribution in [3.05, 3.63) is 54.4 Å². The zero-order chi connectivity index (χ0) is 17.6. The van der Waals surface area contributed by atoms with Crippen molar-refractivity contribution >= 4 is 11.9 Å². The Morgan fingerprint density at radius 2 is 1.80 bits per heavy atom. The number of hydrogen-bond donors (Lipinski definition) is 0. The van der Waals surface area contributed by atoms with Gasteiger partial charge in [0.2, 0.25) is 0 Å². The van der Waals surface area contributed by atoms with Crippen LogP contribution in [0.2, 0.25) is 0 Å². The second kappa shape index (κ2) is 7.79. The first-order valence-corrected chi connectivity index (χ1v) is 8.26. The molecule has 6 nitrogen and oxygen atoms in total. The van der Waals surface area contributed by atoms with E-state index in [1.807, 2.05) is 12.1 Å². The molecule has 0 spiro atoms. The molecule has 0 aliphatic carbocycles. The van der Waals surface area contributed by atoms with Gasteiger partial charge in [0.15, 0.2) is 0 Å². The fraction of sp³-hybridized carbons (Fsp3) is 0.316. The molecule has 2 aromatic rings. The summed E-state index contributed by atoms with van der Waals surface area (Å²) in [5.41, 5.74) is 0.570. The van der Waals surface area contributed by atoms with E-state index in [0.717, 1.165) is 18.6 Å². The van der Waals surface area contributed by atoms with Crippen molar-refractivity contribution in [2.24, 2.45) is 0 Å². The van der Waals surface area contributed by atoms with Gasteiger partial charge in [-0.15, -0.1) is 0 Å². The molecule has 1 fully saturated rings. The van der Waals surface area contributed by atoms with Gasteiger partial charge in [-0.05, 0) is 49.2 Å². The second-order valence-corrected chi connectivity index (χ2v) is 5.93. The Morgan fingerprint density at radius 1 is 1.08 bits per heavy atom. The van der Waals surface area contributed by atoms with Crippen LogP contribution in [-0.2, 0) is 4.79 Å². The van der Waals surface area contributed by atoms with E-state index in [4.69, 9.17) is 9.47 Å². The number of pyridine rings is 1. The first-order valence-electron chi connectivity index (χ1n) is 8.26. The minimum Gasteiger partial charge on any atom is -0.488 e. The highest BCUT2D eigenvalue weighted by Gasteiger charge is 2.25. The molecule has 1 saturated heterocycles. The van der Waals surface area contributed by atoms with Crippen LogP contribution in [0.5, 0.6) is 11.5 Å². The molecular formula is C19H20N2O4. The van der Waals surface area contributed by atoms with E-state index in [0.29, 0.717) is 24.4 Å². The number of benzene rings is 1. The van der Waals surface area contributed by atoms with Gasteiger partial charge in [0, 0.05) is 31.4 Å². The molecule has 3 rings (SSSR count). The van der Waals surface area contributed by atoms with E-state index in [1.54, 1.807) is 41.6 Å². The molecule has 2 heterocycles. The lowest BCUT2D eigenvalue weighted by atomic mass is 10.1. The second-order valence-electron chi connectivity index (χ2n) is 5.93. The summed E-state index contributed by atoms with van der Waals surface area (Å²) in [5.74, 6) is 0.769. The minimum absolute atomic E-state index is 0.0274. The van der Waals surface area contributed by atoms with E-state index in [2.05, 4.69) is 4.98 Å². The molecule has 1 aromatic heterocycles. The van der Waals surface area contributed by atoms with Crippen molar-refractivity contribution in [3.8, 4) is 11.5 Å². The molecule has 1 atom stereocenters. The summed E-state index contributed by atoms with van der Waals surface area (Å²) in [6, 6.07) is 10.2. The van der Waals surface area contributed by atoms with Gasteiger partial charge in [-0.2, -0.15) is 0 Å². The molecule has 1 aliphatic heterocycles. The third kappa shape index (κ3) is 4.56. The maximum absolute atomic E-state index is 12.7. The number of carbonyl (C=O) groups excluding carboxylic acids is 2. The largest absolute Gasteiger partial charge is 0.488 e. The average Bonchev–Trinajstić information content (AvgIpc) is 2.62. The lowest BCUT2D eigenvalue weighted by molar-refractivity contribution is -0.131. The van der Waals surface area contributed by atoms with Gasteiger partial charge < -0.3 is 14.4 Å². The standard InChI is InChI=1S/C19H20N2O4/c1-14(22)24-16-6-4-15(5-7-16)19(23)21-12-2-3-18(13-21)25-17-8-10-20-11-9-17/h4-11,18H,2-3,12-13H2,1H3. The Hall–Kier alpha value is -2.89. The molecule has 6 heteroatoms. The topological polar surface area (TPSA) is 68.7 Å². The predicted molar refractivity (Wildman–Crippen MR) is 91.5 cm³/mol. The number of carbonyl (C=O) groups is 2. The minimum atomic E-state index is -0.383. The van der Waals surface area contributed by atoms with Crippen LogP contribution in [0.4, 0.5) is 0 Å². The van der Waals surface area contributed by atoms with Crippen LogP contribution in [0.1, 0.15) is 30.1 Å². The van der Waals surface area contributed by atoms with Gasteiger partial charge in [0.05, 0.1) is 6.54 Å². The van der Waals surface area contributed by atoms with E-state index < -0.39 is 0 Å². The summed E-state index contributed by atoms with van der Waals surface area (Å²) in [5, 5.41) is 0. The monoisotopic (exact) mass is 340 g/mol. The third-order valence-electron chi connectivity index (χ3n) is 3.98. The highest BCUT2D eigenvalue weighted by molar-refractivity contribution is 5.94. The molecule has 0 saturated carbocycles. The van der Waals surface area contributed by atoms with Crippen molar-refractivity contribution in [3.63, 3.8) is 0 Å². The lowest BCUT2D eigenvalue weighted by Gasteiger charge is -2.33. The molecule has 0 radical (unpaired) electrons. The molecule has 1 aromatic carbocycles. The van der Waals surface area contributed by atoms with E-state index in [-0.39, 0.29) is 18.0 Å². The zero-order valence-electron chi connectivity index (χ0n) is 14.1. The fourth-order valence-electron chi connectivity index (χ4n) is 2.84. The van der Waals surface area contributed by atoms with Crippen molar-refractivity contribution < 1.29 is 19.1 Å². The number of rotatable bonds is 4. The Morgan fingerprint density at radius 3 is 2.48 bits per heavy atom. The van der Waals surface area contributed by atoms with Crippen molar-refractivity contribution in [1.29, 1.82) is 0 Å². The van der Waals surface area contributed by atoms with Gasteiger partial charge >= 0.3 is 5.97 Å². The van der Waals surface area contributed by atoms with Crippen molar-refractivity contribution in [1.82, 2.24) is 9.88 Å². The van der Waals surface area contributed by atoms with Gasteiger partial charge in [0.1, 0.15) is 17.6 Å².